The van der Waals surface area contributed by atoms with Crippen LogP contribution in [0.4, 0.5) is 0 Å². The number of hydrogen-bond acceptors (Lipinski definition) is 2. The van der Waals surface area contributed by atoms with Crippen LogP contribution < -0.4 is 0 Å². The molecule has 0 aliphatic heterocycles. The van der Waals surface area contributed by atoms with Crippen molar-refractivity contribution in [3.8, 4) is 0 Å². The lowest BCUT2D eigenvalue weighted by Gasteiger charge is -2.24. The molecule has 0 heterocycles. The molecule has 2 nitrogen and oxygen atoms in total. The molecule has 1 radical (unpaired) electrons. The summed E-state index contributed by atoms with van der Waals surface area (Å²) in [6.45, 7) is 9.77. The topological polar surface area (TPSA) is 29.5 Å². The third-order valence-corrected chi connectivity index (χ3v) is 1.52. The molecular weight excluding hydrogens is 128 g/mol. The maximum Gasteiger partial charge on any atom is 0.0774 e. The van der Waals surface area contributed by atoms with E-state index in [4.69, 9.17) is 9.84 Å². The summed E-state index contributed by atoms with van der Waals surface area (Å²) in [7, 11) is 0. The molecule has 1 unspecified atom stereocenters. The van der Waals surface area contributed by atoms with Crippen LogP contribution in [0.2, 0.25) is 0 Å². The summed E-state index contributed by atoms with van der Waals surface area (Å²) in [5.41, 5.74) is -0.126. The van der Waals surface area contributed by atoms with Crippen LogP contribution in [0, 0.1) is 6.92 Å². The molecule has 1 N–H and O–H groups in total. The molecule has 0 aliphatic rings. The third-order valence-electron chi connectivity index (χ3n) is 1.52. The van der Waals surface area contributed by atoms with Crippen molar-refractivity contribution in [2.45, 2.75) is 38.9 Å². The van der Waals surface area contributed by atoms with E-state index < -0.39 is 6.10 Å². The number of hydrogen-bond donors (Lipinski definition) is 1. The van der Waals surface area contributed by atoms with Gasteiger partial charge in [-0.2, -0.15) is 0 Å². The predicted octanol–water partition coefficient (Wildman–Crippen LogP) is 1.39. The molecular formula is C8H17O2. The Labute approximate surface area is 63.2 Å². The minimum Gasteiger partial charge on any atom is -0.391 e. The Bertz CT molecular complexity index is 87.3. The van der Waals surface area contributed by atoms with Gasteiger partial charge in [0.05, 0.1) is 18.3 Å². The molecule has 0 aromatic carbocycles. The Morgan fingerprint density at radius 3 is 2.40 bits per heavy atom. The van der Waals surface area contributed by atoms with Crippen molar-refractivity contribution in [1.82, 2.24) is 0 Å². The van der Waals surface area contributed by atoms with Gasteiger partial charge in [0.25, 0.3) is 0 Å². The maximum absolute atomic E-state index is 8.78. The van der Waals surface area contributed by atoms with E-state index in [9.17, 15) is 0 Å². The van der Waals surface area contributed by atoms with Gasteiger partial charge in [-0.25, -0.2) is 0 Å². The van der Waals surface area contributed by atoms with Crippen molar-refractivity contribution >= 4 is 0 Å². The first-order valence-electron chi connectivity index (χ1n) is 3.63. The van der Waals surface area contributed by atoms with Gasteiger partial charge in [0, 0.05) is 0 Å². The minimum atomic E-state index is -0.606. The van der Waals surface area contributed by atoms with Gasteiger partial charge in [0.1, 0.15) is 0 Å². The zero-order valence-electron chi connectivity index (χ0n) is 7.05. The minimum absolute atomic E-state index is 0.126. The van der Waals surface area contributed by atoms with E-state index in [1.54, 1.807) is 0 Å². The van der Waals surface area contributed by atoms with Gasteiger partial charge in [-0.1, -0.05) is 6.92 Å². The lowest BCUT2D eigenvalue weighted by molar-refractivity contribution is -0.0507. The van der Waals surface area contributed by atoms with E-state index in [1.807, 2.05) is 13.8 Å². The normalized spacial score (nSPS) is 15.3. The number of ether oxygens (including phenoxy) is 1. The Kier molecular flexibility index (Phi) is 3.91. The van der Waals surface area contributed by atoms with Crippen molar-refractivity contribution in [1.29, 1.82) is 0 Å². The molecule has 0 amide bonds. The molecule has 0 aromatic heterocycles. The predicted molar refractivity (Wildman–Crippen MR) is 41.7 cm³/mol. The van der Waals surface area contributed by atoms with Crippen LogP contribution in [0.3, 0.4) is 0 Å². The molecule has 61 valence electrons. The summed E-state index contributed by atoms with van der Waals surface area (Å²) >= 11 is 0. The van der Waals surface area contributed by atoms with E-state index >= 15 is 0 Å². The number of aliphatic hydroxyl groups excluding tert-OH is 1. The van der Waals surface area contributed by atoms with Crippen LogP contribution in [0.5, 0.6) is 0 Å². The summed E-state index contributed by atoms with van der Waals surface area (Å²) in [6.07, 6.45) is 0.338. The lowest BCUT2D eigenvalue weighted by atomic mass is 10.1. The molecule has 0 saturated heterocycles. The van der Waals surface area contributed by atoms with E-state index in [0.717, 1.165) is 6.42 Å². The molecule has 0 aromatic rings. The van der Waals surface area contributed by atoms with Gasteiger partial charge in [0.2, 0.25) is 0 Å². The van der Waals surface area contributed by atoms with E-state index in [-0.39, 0.29) is 5.60 Å². The average Bonchev–Trinajstić information content (AvgIpc) is 1.85. The summed E-state index contributed by atoms with van der Waals surface area (Å²) in [6, 6.07) is 0. The van der Waals surface area contributed by atoms with Crippen molar-refractivity contribution in [3.05, 3.63) is 6.92 Å². The summed E-state index contributed by atoms with van der Waals surface area (Å²) in [4.78, 5) is 0. The first-order valence-corrected chi connectivity index (χ1v) is 3.63. The van der Waals surface area contributed by atoms with Gasteiger partial charge in [0.15, 0.2) is 0 Å². The fraction of sp³-hybridized carbons (Fsp3) is 0.875. The van der Waals surface area contributed by atoms with Crippen molar-refractivity contribution in [2.24, 2.45) is 0 Å². The second-order valence-corrected chi connectivity index (χ2v) is 3.08. The largest absolute Gasteiger partial charge is 0.391 e. The Balaban J connectivity index is 3.46. The first-order chi connectivity index (χ1) is 4.48. The van der Waals surface area contributed by atoms with Gasteiger partial charge >= 0.3 is 0 Å². The third kappa shape index (κ3) is 4.77. The van der Waals surface area contributed by atoms with Crippen LogP contribution in [0.25, 0.3) is 0 Å². The monoisotopic (exact) mass is 145 g/mol. The molecule has 0 fully saturated rings. The Morgan fingerprint density at radius 1 is 1.60 bits per heavy atom. The van der Waals surface area contributed by atoms with Crippen molar-refractivity contribution < 1.29 is 9.84 Å². The second kappa shape index (κ2) is 3.94. The van der Waals surface area contributed by atoms with E-state index in [2.05, 4.69) is 13.8 Å². The molecule has 10 heavy (non-hydrogen) atoms. The van der Waals surface area contributed by atoms with E-state index in [1.165, 1.54) is 0 Å². The fourth-order valence-corrected chi connectivity index (χ4v) is 0.424. The van der Waals surface area contributed by atoms with Gasteiger partial charge in [-0.05, 0) is 27.2 Å². The smallest absolute Gasteiger partial charge is 0.0774 e. The van der Waals surface area contributed by atoms with Crippen LogP contribution in [-0.4, -0.2) is 23.4 Å². The fourth-order valence-electron chi connectivity index (χ4n) is 0.424. The van der Waals surface area contributed by atoms with Gasteiger partial charge in [-0.15, -0.1) is 0 Å². The number of rotatable bonds is 4. The molecule has 2 heteroatoms. The highest BCUT2D eigenvalue weighted by Crippen LogP contribution is 2.13. The SMILES string of the molecule is [CH2]C(O)COC(C)(C)CC. The van der Waals surface area contributed by atoms with Crippen molar-refractivity contribution in [2.75, 3.05) is 6.61 Å². The zero-order valence-corrected chi connectivity index (χ0v) is 7.05. The average molecular weight is 145 g/mol. The molecule has 0 saturated carbocycles. The van der Waals surface area contributed by atoms with Crippen LogP contribution in [-0.2, 0) is 4.74 Å². The van der Waals surface area contributed by atoms with E-state index in [0.29, 0.717) is 6.61 Å². The summed E-state index contributed by atoms with van der Waals surface area (Å²) in [5.74, 6) is 0. The molecule has 0 rings (SSSR count). The molecule has 1 atom stereocenters. The summed E-state index contributed by atoms with van der Waals surface area (Å²) < 4.78 is 5.33. The second-order valence-electron chi connectivity index (χ2n) is 3.08. The highest BCUT2D eigenvalue weighted by atomic mass is 16.5. The number of aliphatic hydroxyl groups is 1. The lowest BCUT2D eigenvalue weighted by Crippen LogP contribution is -2.27. The highest BCUT2D eigenvalue weighted by Gasteiger charge is 2.15. The molecule has 0 spiro atoms. The van der Waals surface area contributed by atoms with Crippen LogP contribution >= 0.6 is 0 Å². The quantitative estimate of drug-likeness (QED) is 0.647. The molecule has 0 aliphatic carbocycles. The summed E-state index contributed by atoms with van der Waals surface area (Å²) in [5, 5.41) is 8.78. The first kappa shape index (κ1) is 9.92. The molecule has 0 bridgehead atoms. The Morgan fingerprint density at radius 2 is 2.10 bits per heavy atom. The standard InChI is InChI=1S/C8H17O2/c1-5-8(3,4)10-6-7(2)9/h7,9H,2,5-6H2,1,3-4H3. The van der Waals surface area contributed by atoms with Gasteiger partial charge < -0.3 is 9.84 Å². The maximum atomic E-state index is 8.78. The van der Waals surface area contributed by atoms with Crippen LogP contribution in [0.1, 0.15) is 27.2 Å². The van der Waals surface area contributed by atoms with Gasteiger partial charge in [-0.3, -0.25) is 0 Å². The zero-order chi connectivity index (χ0) is 8.20. The highest BCUT2D eigenvalue weighted by molar-refractivity contribution is 4.67. The van der Waals surface area contributed by atoms with Crippen molar-refractivity contribution in [3.63, 3.8) is 0 Å². The van der Waals surface area contributed by atoms with Crippen LogP contribution in [0.15, 0.2) is 0 Å². The Hall–Kier alpha value is -0.0800.